The molecule has 0 unspecified atom stereocenters. The zero-order valence-corrected chi connectivity index (χ0v) is 13.2. The number of fused-ring (bicyclic) bond motifs is 1. The topological polar surface area (TPSA) is 67.1 Å². The van der Waals surface area contributed by atoms with Crippen LogP contribution in [0.3, 0.4) is 0 Å². The molecule has 6 heteroatoms. The second kappa shape index (κ2) is 7.93. The van der Waals surface area contributed by atoms with Gasteiger partial charge in [0.05, 0.1) is 5.69 Å². The van der Waals surface area contributed by atoms with E-state index in [-0.39, 0.29) is 0 Å². The van der Waals surface area contributed by atoms with Crippen LogP contribution >= 0.6 is 0 Å². The summed E-state index contributed by atoms with van der Waals surface area (Å²) in [7, 11) is 0. The van der Waals surface area contributed by atoms with Gasteiger partial charge in [-0.2, -0.15) is 4.98 Å². The Morgan fingerprint density at radius 3 is 2.62 bits per heavy atom. The summed E-state index contributed by atoms with van der Waals surface area (Å²) in [6.07, 6.45) is 5.02. The van der Waals surface area contributed by atoms with Crippen LogP contribution in [0.15, 0.2) is 10.9 Å². The van der Waals surface area contributed by atoms with Gasteiger partial charge < -0.3 is 14.7 Å². The summed E-state index contributed by atoms with van der Waals surface area (Å²) >= 11 is 0. The molecule has 2 heterocycles. The predicted molar refractivity (Wildman–Crippen MR) is 84.5 cm³/mol. The highest BCUT2D eigenvalue weighted by atomic mass is 16.5. The van der Waals surface area contributed by atoms with Crippen LogP contribution in [0.4, 0.5) is 5.82 Å². The minimum atomic E-state index is 0.545. The highest BCUT2D eigenvalue weighted by Gasteiger charge is 2.11. The van der Waals surface area contributed by atoms with Gasteiger partial charge in [0.15, 0.2) is 0 Å². The number of hydrogen-bond donors (Lipinski definition) is 1. The van der Waals surface area contributed by atoms with E-state index in [1.807, 2.05) is 6.92 Å². The van der Waals surface area contributed by atoms with Crippen molar-refractivity contribution in [2.24, 2.45) is 0 Å². The zero-order valence-electron chi connectivity index (χ0n) is 13.2. The van der Waals surface area contributed by atoms with Gasteiger partial charge in [-0.15, -0.1) is 0 Å². The van der Waals surface area contributed by atoms with Crippen LogP contribution in [0.1, 0.15) is 38.8 Å². The first-order valence-electron chi connectivity index (χ1n) is 7.79. The van der Waals surface area contributed by atoms with Crippen molar-refractivity contribution >= 4 is 16.9 Å². The molecule has 0 aliphatic rings. The number of aryl methyl sites for hydroxylation is 1. The first kappa shape index (κ1) is 15.7. The minimum absolute atomic E-state index is 0.545. The van der Waals surface area contributed by atoms with Gasteiger partial charge in [0.1, 0.15) is 17.5 Å². The average Bonchev–Trinajstić information content (AvgIpc) is 2.86. The molecule has 2 rings (SSSR count). The molecule has 0 bridgehead atoms. The van der Waals surface area contributed by atoms with Crippen molar-refractivity contribution in [2.75, 3.05) is 31.5 Å². The maximum Gasteiger partial charge on any atom is 0.263 e. The lowest BCUT2D eigenvalue weighted by Gasteiger charge is -2.20. The van der Waals surface area contributed by atoms with Crippen LogP contribution in [0.5, 0.6) is 0 Å². The van der Waals surface area contributed by atoms with Gasteiger partial charge in [0.2, 0.25) is 0 Å². The van der Waals surface area contributed by atoms with Gasteiger partial charge in [-0.3, -0.25) is 0 Å². The first-order valence-corrected chi connectivity index (χ1v) is 7.79. The first-order chi connectivity index (χ1) is 10.3. The molecule has 116 valence electrons. The molecule has 6 nitrogen and oxygen atoms in total. The second-order valence-corrected chi connectivity index (χ2v) is 5.29. The van der Waals surface area contributed by atoms with Crippen LogP contribution in [-0.2, 0) is 0 Å². The SMILES string of the molecule is CCCN(CCC)CCCNc1ncnc2onc(C)c12. The van der Waals surface area contributed by atoms with Crippen LogP contribution in [0, 0.1) is 6.92 Å². The van der Waals surface area contributed by atoms with Gasteiger partial charge >= 0.3 is 0 Å². The Kier molecular flexibility index (Phi) is 5.92. The highest BCUT2D eigenvalue weighted by molar-refractivity contribution is 5.87. The lowest BCUT2D eigenvalue weighted by Crippen LogP contribution is -2.27. The Bertz CT molecular complexity index is 548. The van der Waals surface area contributed by atoms with E-state index in [0.29, 0.717) is 5.71 Å². The molecule has 0 aliphatic heterocycles. The van der Waals surface area contributed by atoms with Crippen LogP contribution < -0.4 is 5.32 Å². The number of aromatic nitrogens is 3. The van der Waals surface area contributed by atoms with E-state index in [0.717, 1.165) is 36.4 Å². The standard InChI is InChI=1S/C15H25N5O/c1-4-8-20(9-5-2)10-6-7-16-14-13-12(3)19-21-15(13)18-11-17-14/h11H,4-10H2,1-3H3,(H,16,17,18). The van der Waals surface area contributed by atoms with Gasteiger partial charge in [-0.25, -0.2) is 4.98 Å². The van der Waals surface area contributed by atoms with Gasteiger partial charge in [0, 0.05) is 6.54 Å². The smallest absolute Gasteiger partial charge is 0.263 e. The molecule has 2 aromatic rings. The third kappa shape index (κ3) is 4.14. The monoisotopic (exact) mass is 291 g/mol. The average molecular weight is 291 g/mol. The van der Waals surface area contributed by atoms with E-state index in [1.165, 1.54) is 32.3 Å². The summed E-state index contributed by atoms with van der Waals surface area (Å²) in [5, 5.41) is 8.20. The number of anilines is 1. The van der Waals surface area contributed by atoms with Crippen molar-refractivity contribution < 1.29 is 4.52 Å². The molecule has 0 aromatic carbocycles. The Labute approximate surface area is 125 Å². The molecular weight excluding hydrogens is 266 g/mol. The van der Waals surface area contributed by atoms with E-state index in [1.54, 1.807) is 0 Å². The molecule has 0 radical (unpaired) electrons. The number of rotatable bonds is 9. The van der Waals surface area contributed by atoms with Crippen molar-refractivity contribution in [1.29, 1.82) is 0 Å². The summed E-state index contributed by atoms with van der Waals surface area (Å²) < 4.78 is 5.15. The van der Waals surface area contributed by atoms with Crippen LogP contribution in [0.25, 0.3) is 11.1 Å². The van der Waals surface area contributed by atoms with Gasteiger partial charge in [0.25, 0.3) is 5.71 Å². The van der Waals surface area contributed by atoms with E-state index >= 15 is 0 Å². The van der Waals surface area contributed by atoms with Crippen molar-refractivity contribution in [3.8, 4) is 0 Å². The fourth-order valence-electron chi connectivity index (χ4n) is 2.53. The summed E-state index contributed by atoms with van der Waals surface area (Å²) in [6, 6.07) is 0. The highest BCUT2D eigenvalue weighted by Crippen LogP contribution is 2.22. The van der Waals surface area contributed by atoms with E-state index in [4.69, 9.17) is 4.52 Å². The largest absolute Gasteiger partial charge is 0.369 e. The van der Waals surface area contributed by atoms with Crippen molar-refractivity contribution in [2.45, 2.75) is 40.0 Å². The molecule has 2 aromatic heterocycles. The number of nitrogens with zero attached hydrogens (tertiary/aromatic N) is 4. The summed E-state index contributed by atoms with van der Waals surface area (Å²) in [5.41, 5.74) is 1.37. The quantitative estimate of drug-likeness (QED) is 0.717. The molecule has 0 aliphatic carbocycles. The normalized spacial score (nSPS) is 11.4. The lowest BCUT2D eigenvalue weighted by molar-refractivity contribution is 0.274. The lowest BCUT2D eigenvalue weighted by atomic mass is 10.3. The molecule has 1 N–H and O–H groups in total. The van der Waals surface area contributed by atoms with E-state index in [2.05, 4.69) is 39.2 Å². The van der Waals surface area contributed by atoms with Crippen LogP contribution in [0.2, 0.25) is 0 Å². The molecule has 21 heavy (non-hydrogen) atoms. The maximum atomic E-state index is 5.15. The zero-order chi connectivity index (χ0) is 15.1. The maximum absolute atomic E-state index is 5.15. The molecule has 0 atom stereocenters. The molecule has 0 saturated carbocycles. The fourth-order valence-corrected chi connectivity index (χ4v) is 2.53. The third-order valence-electron chi connectivity index (χ3n) is 3.47. The van der Waals surface area contributed by atoms with Gasteiger partial charge in [-0.05, 0) is 45.8 Å². The summed E-state index contributed by atoms with van der Waals surface area (Å²) in [5.74, 6) is 0.816. The second-order valence-electron chi connectivity index (χ2n) is 5.29. The van der Waals surface area contributed by atoms with E-state index in [9.17, 15) is 0 Å². The molecule has 0 saturated heterocycles. The summed E-state index contributed by atoms with van der Waals surface area (Å²) in [4.78, 5) is 10.9. The fraction of sp³-hybridized carbons (Fsp3) is 0.667. The Morgan fingerprint density at radius 2 is 1.90 bits per heavy atom. The number of hydrogen-bond acceptors (Lipinski definition) is 6. The Hall–Kier alpha value is -1.69. The van der Waals surface area contributed by atoms with Crippen molar-refractivity contribution in [1.82, 2.24) is 20.0 Å². The molecular formula is C15H25N5O. The molecule has 0 amide bonds. The molecule has 0 spiro atoms. The van der Waals surface area contributed by atoms with Gasteiger partial charge in [-0.1, -0.05) is 19.0 Å². The molecule has 0 fully saturated rings. The number of nitrogens with one attached hydrogen (secondary N) is 1. The third-order valence-corrected chi connectivity index (χ3v) is 3.47. The van der Waals surface area contributed by atoms with Crippen molar-refractivity contribution in [3.63, 3.8) is 0 Å². The summed E-state index contributed by atoms with van der Waals surface area (Å²) in [6.45, 7) is 10.7. The van der Waals surface area contributed by atoms with E-state index < -0.39 is 0 Å². The predicted octanol–water partition coefficient (Wildman–Crippen LogP) is 2.85. The van der Waals surface area contributed by atoms with Crippen LogP contribution in [-0.4, -0.2) is 46.2 Å². The Balaban J connectivity index is 1.86. The Morgan fingerprint density at radius 1 is 1.14 bits per heavy atom. The minimum Gasteiger partial charge on any atom is -0.369 e. The van der Waals surface area contributed by atoms with Crippen molar-refractivity contribution in [3.05, 3.63) is 12.0 Å².